The van der Waals surface area contributed by atoms with Crippen LogP contribution < -0.4 is 4.74 Å². The van der Waals surface area contributed by atoms with E-state index >= 15 is 0 Å². The van der Waals surface area contributed by atoms with Gasteiger partial charge in [-0.25, -0.2) is 0 Å². The van der Waals surface area contributed by atoms with Gasteiger partial charge in [-0.05, 0) is 36.1 Å². The maximum atomic E-state index is 12.2. The number of Topliss-reactive ketones (excluding diaryl/α,β-unsaturated/α-hetero) is 1. The lowest BCUT2D eigenvalue weighted by atomic mass is 9.65. The van der Waals surface area contributed by atoms with E-state index in [1.807, 2.05) is 18.2 Å². The molecule has 2 bridgehead atoms. The summed E-state index contributed by atoms with van der Waals surface area (Å²) in [5.74, 6) is 0.543. The highest BCUT2D eigenvalue weighted by molar-refractivity contribution is 6.40. The maximum absolute atomic E-state index is 12.2. The van der Waals surface area contributed by atoms with Gasteiger partial charge in [-0.3, -0.25) is 4.79 Å². The Bertz CT molecular complexity index is 598. The minimum atomic E-state index is -0.620. The molecule has 21 heavy (non-hydrogen) atoms. The molecule has 0 saturated heterocycles. The number of rotatable bonds is 4. The number of ketones is 1. The number of ether oxygens (including phenoxy) is 3. The van der Waals surface area contributed by atoms with E-state index in [1.54, 1.807) is 14.2 Å². The Kier molecular flexibility index (Phi) is 3.55. The van der Waals surface area contributed by atoms with Gasteiger partial charge in [0, 0.05) is 19.4 Å². The fraction of sp³-hybridized carbons (Fsp3) is 0.500. The summed E-state index contributed by atoms with van der Waals surface area (Å²) >= 11 is 0. The van der Waals surface area contributed by atoms with Crippen LogP contribution in [0, 0.1) is 11.3 Å². The molecular weight excluding hydrogens is 270 g/mol. The zero-order valence-electron chi connectivity index (χ0n) is 12.3. The summed E-state index contributed by atoms with van der Waals surface area (Å²) in [5, 5.41) is 7.98. The standard InChI is InChI=1S/C16H19NO4/c1-19-9-21-16-7-11(15(18)14(17)8-16)5-10-6-12(20-2)3-4-13(10)16/h3-4,6,11,17H,5,7-9H2,1-2H3/t11-,16-/m1/s1. The van der Waals surface area contributed by atoms with Gasteiger partial charge >= 0.3 is 0 Å². The Morgan fingerprint density at radius 1 is 1.38 bits per heavy atom. The van der Waals surface area contributed by atoms with Crippen molar-refractivity contribution in [3.8, 4) is 5.75 Å². The molecule has 1 aromatic rings. The Labute approximate surface area is 123 Å². The number of carbonyl (C=O) groups is 1. The molecule has 3 rings (SSSR count). The largest absolute Gasteiger partial charge is 0.497 e. The first-order valence-electron chi connectivity index (χ1n) is 7.01. The third-order valence-electron chi connectivity index (χ3n) is 4.43. The van der Waals surface area contributed by atoms with Crippen LogP contribution in [0.5, 0.6) is 5.75 Å². The van der Waals surface area contributed by atoms with Crippen LogP contribution in [0.1, 0.15) is 24.0 Å². The van der Waals surface area contributed by atoms with Gasteiger partial charge in [0.25, 0.3) is 0 Å². The van der Waals surface area contributed by atoms with Crippen molar-refractivity contribution >= 4 is 11.5 Å². The minimum absolute atomic E-state index is 0.0555. The van der Waals surface area contributed by atoms with Crippen molar-refractivity contribution in [2.24, 2.45) is 5.92 Å². The molecule has 1 fully saturated rings. The Hall–Kier alpha value is -1.72. The van der Waals surface area contributed by atoms with Gasteiger partial charge in [0.15, 0.2) is 5.78 Å². The normalized spacial score (nSPS) is 27.4. The summed E-state index contributed by atoms with van der Waals surface area (Å²) in [6.07, 6.45) is 1.58. The summed E-state index contributed by atoms with van der Waals surface area (Å²) in [6.45, 7) is 0.152. The minimum Gasteiger partial charge on any atom is -0.497 e. The smallest absolute Gasteiger partial charge is 0.179 e. The van der Waals surface area contributed by atoms with Gasteiger partial charge in [0.05, 0.1) is 12.8 Å². The van der Waals surface area contributed by atoms with Crippen LogP contribution in [0.3, 0.4) is 0 Å². The Balaban J connectivity index is 2.08. The van der Waals surface area contributed by atoms with Crippen molar-refractivity contribution in [2.45, 2.75) is 24.9 Å². The van der Waals surface area contributed by atoms with Crippen molar-refractivity contribution in [3.05, 3.63) is 29.3 Å². The van der Waals surface area contributed by atoms with E-state index in [-0.39, 0.29) is 24.2 Å². The summed E-state index contributed by atoms with van der Waals surface area (Å²) in [4.78, 5) is 12.2. The lowest BCUT2D eigenvalue weighted by Crippen LogP contribution is -2.49. The number of hydrogen-bond acceptors (Lipinski definition) is 5. The number of hydrogen-bond donors (Lipinski definition) is 1. The molecule has 112 valence electrons. The fourth-order valence-electron chi connectivity index (χ4n) is 3.49. The topological polar surface area (TPSA) is 68.6 Å². The lowest BCUT2D eigenvalue weighted by molar-refractivity contribution is -0.155. The fourth-order valence-corrected chi connectivity index (χ4v) is 3.49. The van der Waals surface area contributed by atoms with E-state index in [9.17, 15) is 4.79 Å². The lowest BCUT2D eigenvalue weighted by Gasteiger charge is -2.45. The second kappa shape index (κ2) is 5.24. The molecule has 2 aliphatic rings. The number of nitrogens with one attached hydrogen (secondary N) is 1. The molecule has 5 heteroatoms. The maximum Gasteiger partial charge on any atom is 0.179 e. The number of fused-ring (bicyclic) bond motifs is 4. The van der Waals surface area contributed by atoms with Gasteiger partial charge < -0.3 is 19.6 Å². The monoisotopic (exact) mass is 289 g/mol. The van der Waals surface area contributed by atoms with Crippen LogP contribution >= 0.6 is 0 Å². The quantitative estimate of drug-likeness (QED) is 0.862. The van der Waals surface area contributed by atoms with Gasteiger partial charge in [0.2, 0.25) is 0 Å². The molecule has 0 amide bonds. The zero-order valence-corrected chi connectivity index (χ0v) is 12.3. The van der Waals surface area contributed by atoms with Crippen LogP contribution in [0.25, 0.3) is 0 Å². The van der Waals surface area contributed by atoms with E-state index in [1.165, 1.54) is 0 Å². The van der Waals surface area contributed by atoms with E-state index in [0.29, 0.717) is 19.3 Å². The van der Waals surface area contributed by atoms with Gasteiger partial charge in [-0.1, -0.05) is 6.07 Å². The predicted molar refractivity (Wildman–Crippen MR) is 76.8 cm³/mol. The molecule has 0 heterocycles. The third kappa shape index (κ3) is 2.26. The van der Waals surface area contributed by atoms with Crippen LogP contribution in [0.4, 0.5) is 0 Å². The highest BCUT2D eigenvalue weighted by Crippen LogP contribution is 2.47. The van der Waals surface area contributed by atoms with Crippen LogP contribution in [0.2, 0.25) is 0 Å². The molecule has 0 unspecified atom stereocenters. The Morgan fingerprint density at radius 3 is 2.90 bits per heavy atom. The van der Waals surface area contributed by atoms with Crippen LogP contribution in [-0.4, -0.2) is 32.5 Å². The van der Waals surface area contributed by atoms with Crippen molar-refractivity contribution < 1.29 is 19.0 Å². The van der Waals surface area contributed by atoms with Crippen molar-refractivity contribution in [2.75, 3.05) is 21.0 Å². The number of methoxy groups -OCH3 is 2. The van der Waals surface area contributed by atoms with Crippen LogP contribution in [0.15, 0.2) is 18.2 Å². The van der Waals surface area contributed by atoms with Gasteiger partial charge in [0.1, 0.15) is 18.1 Å². The number of carbonyl (C=O) groups excluding carboxylic acids is 1. The first-order valence-corrected chi connectivity index (χ1v) is 7.01. The summed E-state index contributed by atoms with van der Waals surface area (Å²) in [7, 11) is 3.20. The highest BCUT2D eigenvalue weighted by Gasteiger charge is 2.49. The molecule has 0 aliphatic heterocycles. The van der Waals surface area contributed by atoms with Crippen molar-refractivity contribution in [1.29, 1.82) is 5.41 Å². The molecule has 2 aliphatic carbocycles. The molecule has 5 nitrogen and oxygen atoms in total. The molecular formula is C16H19NO4. The van der Waals surface area contributed by atoms with E-state index < -0.39 is 5.60 Å². The second-order valence-corrected chi connectivity index (χ2v) is 5.69. The average Bonchev–Trinajstić information content (AvgIpc) is 2.50. The summed E-state index contributed by atoms with van der Waals surface area (Å²) < 4.78 is 16.3. The van der Waals surface area contributed by atoms with Gasteiger partial charge in [-0.2, -0.15) is 0 Å². The summed E-state index contributed by atoms with van der Waals surface area (Å²) in [6, 6.07) is 5.86. The molecule has 0 radical (unpaired) electrons. The van der Waals surface area contributed by atoms with E-state index in [0.717, 1.165) is 16.9 Å². The van der Waals surface area contributed by atoms with E-state index in [2.05, 4.69) is 0 Å². The van der Waals surface area contributed by atoms with Crippen molar-refractivity contribution in [3.63, 3.8) is 0 Å². The molecule has 1 saturated carbocycles. The summed E-state index contributed by atoms with van der Waals surface area (Å²) in [5.41, 5.74) is 1.66. The average molecular weight is 289 g/mol. The molecule has 2 atom stereocenters. The zero-order chi connectivity index (χ0) is 15.0. The molecule has 1 N–H and O–H groups in total. The van der Waals surface area contributed by atoms with Crippen LogP contribution in [-0.2, 0) is 26.3 Å². The second-order valence-electron chi connectivity index (χ2n) is 5.69. The first kappa shape index (κ1) is 14.2. The molecule has 1 aromatic carbocycles. The highest BCUT2D eigenvalue weighted by atomic mass is 16.7. The molecule has 0 spiro atoms. The van der Waals surface area contributed by atoms with Crippen molar-refractivity contribution in [1.82, 2.24) is 0 Å². The number of benzene rings is 1. The first-order chi connectivity index (χ1) is 10.1. The SMILES string of the molecule is COCO[C@]12CC(=N)C(=O)[C@H](Cc3cc(OC)ccc31)C2. The Morgan fingerprint density at radius 2 is 2.19 bits per heavy atom. The predicted octanol–water partition coefficient (Wildman–Crippen LogP) is 2.07. The van der Waals surface area contributed by atoms with E-state index in [4.69, 9.17) is 19.6 Å². The van der Waals surface area contributed by atoms with Gasteiger partial charge in [-0.15, -0.1) is 0 Å². The third-order valence-corrected chi connectivity index (χ3v) is 4.43. The molecule has 0 aromatic heterocycles.